The fraction of sp³-hybridized carbons (Fsp3) is 0.400. The van der Waals surface area contributed by atoms with Gasteiger partial charge in [0.25, 0.3) is 0 Å². The number of benzene rings is 3. The summed E-state index contributed by atoms with van der Waals surface area (Å²) in [6.07, 6.45) is 10.2. The number of hydrogen-bond acceptors (Lipinski definition) is 4. The van der Waals surface area contributed by atoms with Gasteiger partial charge in [-0.15, -0.1) is 0 Å². The first-order valence-electron chi connectivity index (χ1n) is 13.0. The van der Waals surface area contributed by atoms with Crippen LogP contribution in [-0.2, 0) is 31.1 Å². The van der Waals surface area contributed by atoms with Crippen molar-refractivity contribution >= 4 is 18.5 Å². The van der Waals surface area contributed by atoms with Crippen molar-refractivity contribution < 1.29 is 13.6 Å². The Balaban J connectivity index is 1.77. The fourth-order valence-corrected chi connectivity index (χ4v) is 5.76. The van der Waals surface area contributed by atoms with Gasteiger partial charge in [-0.2, -0.15) is 0 Å². The minimum absolute atomic E-state index is 0.660. The van der Waals surface area contributed by atoms with Gasteiger partial charge in [-0.1, -0.05) is 76.4 Å². The van der Waals surface area contributed by atoms with Crippen LogP contribution in [0.25, 0.3) is 0 Å². The van der Waals surface area contributed by atoms with E-state index in [1.807, 2.05) is 36.4 Å². The first-order chi connectivity index (χ1) is 17.0. The molecule has 0 unspecified atom stereocenters. The average molecular weight is 511 g/mol. The van der Waals surface area contributed by atoms with Crippen LogP contribution in [0, 0.1) is 0 Å². The van der Waals surface area contributed by atoms with Crippen molar-refractivity contribution in [2.45, 2.75) is 78.6 Å². The van der Waals surface area contributed by atoms with Crippen molar-refractivity contribution in [1.29, 1.82) is 0 Å². The molecular weight excluding hydrogens is 471 g/mol. The van der Waals surface area contributed by atoms with Gasteiger partial charge >= 0.3 is 6.72 Å². The highest BCUT2D eigenvalue weighted by Gasteiger charge is 2.27. The quantitative estimate of drug-likeness (QED) is 0.190. The standard InChI is InChI=1S/C30H39O3PS/c1-4-7-10-25-13-19-28(20-14-25)31-34(35,32-29-21-15-26(16-22-29)11-8-5-2)33-30-23-17-27(18-24-30)12-9-6-3/h13-24H,4-12H2,1-3H3. The summed E-state index contributed by atoms with van der Waals surface area (Å²) in [7, 11) is 0. The van der Waals surface area contributed by atoms with Crippen molar-refractivity contribution in [2.24, 2.45) is 0 Å². The van der Waals surface area contributed by atoms with E-state index >= 15 is 0 Å². The molecule has 0 aliphatic carbocycles. The molecule has 35 heavy (non-hydrogen) atoms. The molecular formula is C30H39O3PS. The normalized spacial score (nSPS) is 11.3. The highest BCUT2D eigenvalue weighted by molar-refractivity contribution is 8.08. The molecule has 5 heteroatoms. The summed E-state index contributed by atoms with van der Waals surface area (Å²) in [5, 5.41) is 0. The van der Waals surface area contributed by atoms with E-state index in [1.165, 1.54) is 55.2 Å². The summed E-state index contributed by atoms with van der Waals surface area (Å²) in [5.74, 6) is 1.98. The van der Waals surface area contributed by atoms with Gasteiger partial charge in [-0.3, -0.25) is 0 Å². The van der Waals surface area contributed by atoms with Gasteiger partial charge in [0.1, 0.15) is 17.2 Å². The second kappa shape index (κ2) is 14.3. The lowest BCUT2D eigenvalue weighted by Gasteiger charge is -2.23. The number of aryl methyl sites for hydroxylation is 3. The maximum absolute atomic E-state index is 6.24. The fourth-order valence-electron chi connectivity index (χ4n) is 3.74. The molecule has 3 aromatic rings. The molecule has 3 aromatic carbocycles. The zero-order valence-corrected chi connectivity index (χ0v) is 23.1. The molecule has 0 bridgehead atoms. The second-order valence-electron chi connectivity index (χ2n) is 8.96. The van der Waals surface area contributed by atoms with Crippen molar-refractivity contribution in [3.63, 3.8) is 0 Å². The van der Waals surface area contributed by atoms with Gasteiger partial charge in [0.2, 0.25) is 0 Å². The van der Waals surface area contributed by atoms with E-state index in [2.05, 4.69) is 57.2 Å². The third-order valence-electron chi connectivity index (χ3n) is 5.88. The maximum atomic E-state index is 6.24. The first-order valence-corrected chi connectivity index (χ1v) is 15.5. The smallest absolute Gasteiger partial charge is 0.407 e. The van der Waals surface area contributed by atoms with Crippen LogP contribution in [0.15, 0.2) is 72.8 Å². The Labute approximate surface area is 217 Å². The Morgan fingerprint density at radius 3 is 0.971 bits per heavy atom. The van der Waals surface area contributed by atoms with Gasteiger partial charge in [-0.05, 0) is 91.6 Å². The zero-order valence-electron chi connectivity index (χ0n) is 21.4. The minimum atomic E-state index is -3.16. The van der Waals surface area contributed by atoms with Crippen LogP contribution in [0.2, 0.25) is 0 Å². The van der Waals surface area contributed by atoms with Crippen LogP contribution in [0.1, 0.15) is 76.0 Å². The van der Waals surface area contributed by atoms with Gasteiger partial charge < -0.3 is 13.6 Å². The van der Waals surface area contributed by atoms with Crippen molar-refractivity contribution in [3.8, 4) is 17.2 Å². The van der Waals surface area contributed by atoms with E-state index in [9.17, 15) is 0 Å². The summed E-state index contributed by atoms with van der Waals surface area (Å²) in [6.45, 7) is 3.45. The molecule has 0 aromatic heterocycles. The SMILES string of the molecule is CCCCc1ccc(OP(=S)(Oc2ccc(CCCC)cc2)Oc2ccc(CCCC)cc2)cc1. The Morgan fingerprint density at radius 1 is 0.486 bits per heavy atom. The molecule has 0 spiro atoms. The van der Waals surface area contributed by atoms with Crippen LogP contribution in [0.3, 0.4) is 0 Å². The summed E-state index contributed by atoms with van der Waals surface area (Å²) in [4.78, 5) is 0. The molecule has 0 radical (unpaired) electrons. The van der Waals surface area contributed by atoms with Gasteiger partial charge in [0.05, 0.1) is 0 Å². The lowest BCUT2D eigenvalue weighted by molar-refractivity contribution is 0.384. The molecule has 0 saturated heterocycles. The Kier molecular flexibility index (Phi) is 11.2. The summed E-state index contributed by atoms with van der Waals surface area (Å²) in [6, 6.07) is 24.3. The highest BCUT2D eigenvalue weighted by Crippen LogP contribution is 2.50. The van der Waals surface area contributed by atoms with E-state index in [0.717, 1.165) is 19.3 Å². The number of unbranched alkanes of at least 4 members (excludes halogenated alkanes) is 3. The molecule has 3 nitrogen and oxygen atoms in total. The zero-order chi connectivity index (χ0) is 24.9. The highest BCUT2D eigenvalue weighted by atomic mass is 32.5. The summed E-state index contributed by atoms with van der Waals surface area (Å²) in [5.41, 5.74) is 3.87. The molecule has 0 atom stereocenters. The third kappa shape index (κ3) is 9.35. The molecule has 0 amide bonds. The van der Waals surface area contributed by atoms with E-state index < -0.39 is 6.72 Å². The molecule has 0 heterocycles. The van der Waals surface area contributed by atoms with Crippen molar-refractivity contribution in [1.82, 2.24) is 0 Å². The molecule has 0 aliphatic heterocycles. The van der Waals surface area contributed by atoms with Crippen LogP contribution in [-0.4, -0.2) is 0 Å². The first kappa shape index (κ1) is 27.3. The van der Waals surface area contributed by atoms with Gasteiger partial charge in [0.15, 0.2) is 0 Å². The maximum Gasteiger partial charge on any atom is 0.490 e. The lowest BCUT2D eigenvalue weighted by atomic mass is 10.1. The molecule has 3 rings (SSSR count). The Bertz CT molecular complexity index is 910. The van der Waals surface area contributed by atoms with Crippen LogP contribution in [0.4, 0.5) is 0 Å². The Morgan fingerprint density at radius 2 is 0.743 bits per heavy atom. The largest absolute Gasteiger partial charge is 0.490 e. The molecule has 0 N–H and O–H groups in total. The van der Waals surface area contributed by atoms with E-state index in [1.54, 1.807) is 0 Å². The molecule has 0 fully saturated rings. The summed E-state index contributed by atoms with van der Waals surface area (Å²) >= 11 is 5.90. The molecule has 0 saturated carbocycles. The van der Waals surface area contributed by atoms with Crippen molar-refractivity contribution in [2.75, 3.05) is 0 Å². The van der Waals surface area contributed by atoms with Crippen molar-refractivity contribution in [3.05, 3.63) is 89.5 Å². The third-order valence-corrected chi connectivity index (χ3v) is 7.85. The predicted molar refractivity (Wildman–Crippen MR) is 151 cm³/mol. The topological polar surface area (TPSA) is 27.7 Å². The van der Waals surface area contributed by atoms with Gasteiger partial charge in [-0.25, -0.2) is 0 Å². The number of hydrogen-bond donors (Lipinski definition) is 0. The van der Waals surface area contributed by atoms with E-state index in [-0.39, 0.29) is 0 Å². The molecule has 188 valence electrons. The summed E-state index contributed by atoms with van der Waals surface area (Å²) < 4.78 is 18.7. The number of rotatable bonds is 15. The predicted octanol–water partition coefficient (Wildman–Crippen LogP) is 9.48. The van der Waals surface area contributed by atoms with Crippen LogP contribution < -0.4 is 13.6 Å². The Hall–Kier alpha value is -2.29. The monoisotopic (exact) mass is 510 g/mol. The van der Waals surface area contributed by atoms with E-state index in [4.69, 9.17) is 25.4 Å². The van der Waals surface area contributed by atoms with E-state index in [0.29, 0.717) is 17.2 Å². The van der Waals surface area contributed by atoms with Gasteiger partial charge in [0, 0.05) is 11.8 Å². The lowest BCUT2D eigenvalue weighted by Crippen LogP contribution is -2.07. The van der Waals surface area contributed by atoms with Crippen LogP contribution in [0.5, 0.6) is 17.2 Å². The second-order valence-corrected chi connectivity index (χ2v) is 11.7. The average Bonchev–Trinajstić information content (AvgIpc) is 2.87. The van der Waals surface area contributed by atoms with Crippen LogP contribution >= 0.6 is 6.72 Å². The minimum Gasteiger partial charge on any atom is -0.407 e. The molecule has 0 aliphatic rings.